The first-order chi connectivity index (χ1) is 6.33. The second-order valence-corrected chi connectivity index (χ2v) is 3.68. The lowest BCUT2D eigenvalue weighted by molar-refractivity contribution is -0.140. The molecule has 0 atom stereocenters. The number of hydrogen-bond acceptors (Lipinski definition) is 3. The minimum atomic E-state index is -0.126. The van der Waals surface area contributed by atoms with E-state index >= 15 is 0 Å². The first-order valence-corrected chi connectivity index (χ1v) is 5.10. The Bertz CT molecular complexity index is 153. The van der Waals surface area contributed by atoms with Crippen molar-refractivity contribution in [2.24, 2.45) is 5.92 Å². The van der Waals surface area contributed by atoms with E-state index in [1.807, 2.05) is 0 Å². The van der Waals surface area contributed by atoms with Gasteiger partial charge in [-0.05, 0) is 25.3 Å². The van der Waals surface area contributed by atoms with Crippen LogP contribution in [0.2, 0.25) is 0 Å². The molecule has 0 spiro atoms. The van der Waals surface area contributed by atoms with Gasteiger partial charge in [-0.1, -0.05) is 12.8 Å². The summed E-state index contributed by atoms with van der Waals surface area (Å²) in [6.45, 7) is 1.82. The molecule has 76 valence electrons. The average molecular weight is 185 g/mol. The van der Waals surface area contributed by atoms with Crippen molar-refractivity contribution in [3.05, 3.63) is 0 Å². The van der Waals surface area contributed by atoms with Crippen molar-refractivity contribution in [3.8, 4) is 0 Å². The summed E-state index contributed by atoms with van der Waals surface area (Å²) < 4.78 is 4.54. The molecule has 3 nitrogen and oxygen atoms in total. The number of carbonyl (C=O) groups is 1. The normalized spacial score (nSPS) is 17.6. The average Bonchev–Trinajstić information content (AvgIpc) is 2.64. The van der Waals surface area contributed by atoms with Crippen LogP contribution in [0.15, 0.2) is 0 Å². The van der Waals surface area contributed by atoms with Crippen LogP contribution in [0.25, 0.3) is 0 Å². The number of carbonyl (C=O) groups excluding carboxylic acids is 1. The zero-order valence-corrected chi connectivity index (χ0v) is 8.34. The molecule has 0 amide bonds. The highest BCUT2D eigenvalue weighted by molar-refractivity contribution is 5.69. The summed E-state index contributed by atoms with van der Waals surface area (Å²) in [5.74, 6) is 0.719. The molecule has 1 N–H and O–H groups in total. The Kier molecular flexibility index (Phi) is 4.83. The molecule has 0 heterocycles. The van der Waals surface area contributed by atoms with Crippen molar-refractivity contribution < 1.29 is 9.53 Å². The number of esters is 1. The van der Waals surface area contributed by atoms with Crippen LogP contribution in [0.1, 0.15) is 32.1 Å². The van der Waals surface area contributed by atoms with E-state index in [1.165, 1.54) is 32.8 Å². The second kappa shape index (κ2) is 5.97. The lowest BCUT2D eigenvalue weighted by Crippen LogP contribution is -2.24. The SMILES string of the molecule is COC(=O)CCNCC1CCCC1. The Labute approximate surface area is 79.8 Å². The summed E-state index contributed by atoms with van der Waals surface area (Å²) in [6.07, 6.45) is 5.95. The van der Waals surface area contributed by atoms with E-state index in [1.54, 1.807) is 0 Å². The number of rotatable bonds is 5. The second-order valence-electron chi connectivity index (χ2n) is 3.68. The maximum absolute atomic E-state index is 10.7. The fourth-order valence-electron chi connectivity index (χ4n) is 1.81. The molecule has 13 heavy (non-hydrogen) atoms. The van der Waals surface area contributed by atoms with Gasteiger partial charge in [0.25, 0.3) is 0 Å². The Morgan fingerprint density at radius 2 is 2.15 bits per heavy atom. The highest BCUT2D eigenvalue weighted by Crippen LogP contribution is 2.23. The molecule has 0 bridgehead atoms. The molecule has 3 heteroatoms. The van der Waals surface area contributed by atoms with Crippen LogP contribution in [-0.4, -0.2) is 26.2 Å². The summed E-state index contributed by atoms with van der Waals surface area (Å²) in [4.78, 5) is 10.7. The topological polar surface area (TPSA) is 38.3 Å². The van der Waals surface area contributed by atoms with Gasteiger partial charge >= 0.3 is 5.97 Å². The number of methoxy groups -OCH3 is 1. The smallest absolute Gasteiger partial charge is 0.306 e. The molecule has 1 aliphatic carbocycles. The van der Waals surface area contributed by atoms with E-state index < -0.39 is 0 Å². The van der Waals surface area contributed by atoms with Gasteiger partial charge in [0.2, 0.25) is 0 Å². The van der Waals surface area contributed by atoms with Crippen LogP contribution in [0.4, 0.5) is 0 Å². The quantitative estimate of drug-likeness (QED) is 0.518. The van der Waals surface area contributed by atoms with E-state index in [0.29, 0.717) is 6.42 Å². The molecule has 0 unspecified atom stereocenters. The van der Waals surface area contributed by atoms with E-state index in [9.17, 15) is 4.79 Å². The van der Waals surface area contributed by atoms with Gasteiger partial charge in [0.15, 0.2) is 0 Å². The third-order valence-corrected chi connectivity index (χ3v) is 2.64. The molecular weight excluding hydrogens is 166 g/mol. The zero-order chi connectivity index (χ0) is 9.52. The van der Waals surface area contributed by atoms with Gasteiger partial charge in [-0.25, -0.2) is 0 Å². The Morgan fingerprint density at radius 3 is 2.77 bits per heavy atom. The fourth-order valence-corrected chi connectivity index (χ4v) is 1.81. The molecule has 0 aromatic heterocycles. The van der Waals surface area contributed by atoms with Gasteiger partial charge < -0.3 is 10.1 Å². The lowest BCUT2D eigenvalue weighted by Gasteiger charge is -2.09. The predicted octanol–water partition coefficient (Wildman–Crippen LogP) is 1.33. The summed E-state index contributed by atoms with van der Waals surface area (Å²) in [7, 11) is 1.43. The van der Waals surface area contributed by atoms with Gasteiger partial charge in [0, 0.05) is 6.54 Å². The van der Waals surface area contributed by atoms with Gasteiger partial charge in [-0.15, -0.1) is 0 Å². The maximum atomic E-state index is 10.7. The van der Waals surface area contributed by atoms with E-state index in [0.717, 1.165) is 19.0 Å². The standard InChI is InChI=1S/C10H19NO2/c1-13-10(12)6-7-11-8-9-4-2-3-5-9/h9,11H,2-8H2,1H3. The molecule has 0 aromatic carbocycles. The van der Waals surface area contributed by atoms with Crippen LogP contribution in [-0.2, 0) is 9.53 Å². The van der Waals surface area contributed by atoms with Crippen molar-refractivity contribution in [1.82, 2.24) is 5.32 Å². The fraction of sp³-hybridized carbons (Fsp3) is 0.900. The van der Waals surface area contributed by atoms with Gasteiger partial charge in [0.05, 0.1) is 13.5 Å². The summed E-state index contributed by atoms with van der Waals surface area (Å²) in [5.41, 5.74) is 0. The summed E-state index contributed by atoms with van der Waals surface area (Å²) in [5, 5.41) is 3.29. The molecule has 0 saturated heterocycles. The van der Waals surface area contributed by atoms with Crippen molar-refractivity contribution in [2.75, 3.05) is 20.2 Å². The van der Waals surface area contributed by atoms with Crippen molar-refractivity contribution in [1.29, 1.82) is 0 Å². The largest absolute Gasteiger partial charge is 0.469 e. The Hall–Kier alpha value is -0.570. The van der Waals surface area contributed by atoms with Crippen molar-refractivity contribution in [2.45, 2.75) is 32.1 Å². The molecule has 0 aromatic rings. The first-order valence-electron chi connectivity index (χ1n) is 5.10. The maximum Gasteiger partial charge on any atom is 0.306 e. The predicted molar refractivity (Wildman–Crippen MR) is 51.5 cm³/mol. The number of hydrogen-bond donors (Lipinski definition) is 1. The molecular formula is C10H19NO2. The van der Waals surface area contributed by atoms with Crippen molar-refractivity contribution >= 4 is 5.97 Å². The minimum absolute atomic E-state index is 0.126. The number of nitrogens with one attached hydrogen (secondary N) is 1. The van der Waals surface area contributed by atoms with Crippen LogP contribution < -0.4 is 5.32 Å². The van der Waals surface area contributed by atoms with Gasteiger partial charge in [0.1, 0.15) is 0 Å². The lowest BCUT2D eigenvalue weighted by atomic mass is 10.1. The van der Waals surface area contributed by atoms with Gasteiger partial charge in [-0.2, -0.15) is 0 Å². The van der Waals surface area contributed by atoms with Crippen LogP contribution >= 0.6 is 0 Å². The zero-order valence-electron chi connectivity index (χ0n) is 8.34. The molecule has 0 radical (unpaired) electrons. The summed E-state index contributed by atoms with van der Waals surface area (Å²) >= 11 is 0. The third kappa shape index (κ3) is 4.27. The molecule has 1 rings (SSSR count). The van der Waals surface area contributed by atoms with E-state index in [4.69, 9.17) is 0 Å². The van der Waals surface area contributed by atoms with Crippen molar-refractivity contribution in [3.63, 3.8) is 0 Å². The highest BCUT2D eigenvalue weighted by atomic mass is 16.5. The Morgan fingerprint density at radius 1 is 1.46 bits per heavy atom. The monoisotopic (exact) mass is 185 g/mol. The van der Waals surface area contributed by atoms with E-state index in [2.05, 4.69) is 10.1 Å². The molecule has 0 aliphatic heterocycles. The molecule has 1 saturated carbocycles. The van der Waals surface area contributed by atoms with Gasteiger partial charge in [-0.3, -0.25) is 4.79 Å². The Balaban J connectivity index is 1.91. The van der Waals surface area contributed by atoms with Crippen LogP contribution in [0.3, 0.4) is 0 Å². The number of ether oxygens (including phenoxy) is 1. The molecule has 1 fully saturated rings. The highest BCUT2D eigenvalue weighted by Gasteiger charge is 2.13. The third-order valence-electron chi connectivity index (χ3n) is 2.64. The van der Waals surface area contributed by atoms with Crippen LogP contribution in [0, 0.1) is 5.92 Å². The van der Waals surface area contributed by atoms with E-state index in [-0.39, 0.29) is 5.97 Å². The molecule has 1 aliphatic rings. The minimum Gasteiger partial charge on any atom is -0.469 e. The van der Waals surface area contributed by atoms with Crippen LogP contribution in [0.5, 0.6) is 0 Å². The first kappa shape index (κ1) is 10.5. The summed E-state index contributed by atoms with van der Waals surface area (Å²) in [6, 6.07) is 0.